The summed E-state index contributed by atoms with van der Waals surface area (Å²) in [6, 6.07) is 7.24. The molecule has 21 heavy (non-hydrogen) atoms. The van der Waals surface area contributed by atoms with Crippen LogP contribution in [-0.4, -0.2) is 15.5 Å². The molecule has 0 unspecified atom stereocenters. The number of halogens is 1. The van der Waals surface area contributed by atoms with Gasteiger partial charge in [-0.05, 0) is 29.6 Å². The number of rotatable bonds is 3. The third-order valence-corrected chi connectivity index (χ3v) is 3.69. The van der Waals surface area contributed by atoms with Crippen molar-refractivity contribution >= 4 is 33.1 Å². The lowest BCUT2D eigenvalue weighted by Gasteiger charge is -2.07. The molecule has 0 aliphatic carbocycles. The average molecular weight is 303 g/mol. The molecule has 3 aromatic rings. The number of carbonyl (C=O) groups excluding carboxylic acids is 1. The van der Waals surface area contributed by atoms with Gasteiger partial charge in [0.05, 0.1) is 11.7 Å². The fourth-order valence-corrected chi connectivity index (χ4v) is 2.65. The van der Waals surface area contributed by atoms with E-state index in [1.165, 1.54) is 40.4 Å². The van der Waals surface area contributed by atoms with Gasteiger partial charge in [0.15, 0.2) is 0 Å². The number of amides is 1. The molecule has 5 nitrogen and oxygen atoms in total. The van der Waals surface area contributed by atoms with Crippen LogP contribution < -0.4 is 10.9 Å². The summed E-state index contributed by atoms with van der Waals surface area (Å²) in [4.78, 5) is 28.8. The molecular weight excluding hydrogens is 293 g/mol. The van der Waals surface area contributed by atoms with Crippen molar-refractivity contribution in [2.75, 3.05) is 5.32 Å². The minimum Gasteiger partial charge on any atom is -0.324 e. The zero-order chi connectivity index (χ0) is 14.8. The third-order valence-electron chi connectivity index (χ3n) is 2.87. The zero-order valence-corrected chi connectivity index (χ0v) is 11.6. The van der Waals surface area contributed by atoms with E-state index in [9.17, 15) is 14.0 Å². The van der Waals surface area contributed by atoms with E-state index in [-0.39, 0.29) is 12.1 Å². The second-order valence-corrected chi connectivity index (χ2v) is 5.27. The van der Waals surface area contributed by atoms with Crippen LogP contribution in [0.3, 0.4) is 0 Å². The van der Waals surface area contributed by atoms with Crippen LogP contribution in [0.2, 0.25) is 0 Å². The number of aromatic nitrogens is 2. The number of thiophene rings is 1. The minimum absolute atomic E-state index is 0.172. The van der Waals surface area contributed by atoms with E-state index in [0.29, 0.717) is 15.9 Å². The summed E-state index contributed by atoms with van der Waals surface area (Å²) < 4.78 is 14.3. The first kappa shape index (κ1) is 13.4. The molecular formula is C14H10FN3O2S. The van der Waals surface area contributed by atoms with Gasteiger partial charge in [-0.25, -0.2) is 9.37 Å². The number of hydrogen-bond donors (Lipinski definition) is 1. The molecule has 1 N–H and O–H groups in total. The maximum Gasteiger partial charge on any atom is 0.262 e. The van der Waals surface area contributed by atoms with Crippen molar-refractivity contribution in [1.82, 2.24) is 9.55 Å². The highest BCUT2D eigenvalue weighted by atomic mass is 32.1. The van der Waals surface area contributed by atoms with E-state index in [2.05, 4.69) is 10.3 Å². The molecule has 0 spiro atoms. The average Bonchev–Trinajstić information content (AvgIpc) is 2.91. The predicted octanol–water partition coefficient (Wildman–Crippen LogP) is 2.24. The molecule has 0 fully saturated rings. The van der Waals surface area contributed by atoms with Crippen LogP contribution in [0.1, 0.15) is 0 Å². The lowest BCUT2D eigenvalue weighted by molar-refractivity contribution is -0.116. The summed E-state index contributed by atoms with van der Waals surface area (Å²) in [5.74, 6) is -0.856. The Hall–Kier alpha value is -2.54. The molecule has 0 bridgehead atoms. The molecule has 106 valence electrons. The van der Waals surface area contributed by atoms with E-state index < -0.39 is 11.7 Å². The van der Waals surface area contributed by atoms with Crippen LogP contribution in [0.5, 0.6) is 0 Å². The summed E-state index contributed by atoms with van der Waals surface area (Å²) in [6.07, 6.45) is 1.34. The molecule has 3 rings (SSSR count). The first-order chi connectivity index (χ1) is 10.1. The summed E-state index contributed by atoms with van der Waals surface area (Å²) in [5.41, 5.74) is 0.0771. The van der Waals surface area contributed by atoms with Crippen molar-refractivity contribution in [3.63, 3.8) is 0 Å². The Kier molecular flexibility index (Phi) is 3.49. The Morgan fingerprint density at radius 3 is 3.05 bits per heavy atom. The van der Waals surface area contributed by atoms with Gasteiger partial charge >= 0.3 is 0 Å². The van der Waals surface area contributed by atoms with Crippen LogP contribution in [-0.2, 0) is 11.3 Å². The molecule has 2 heterocycles. The Morgan fingerprint density at radius 2 is 2.24 bits per heavy atom. The van der Waals surface area contributed by atoms with E-state index in [0.717, 1.165) is 0 Å². The van der Waals surface area contributed by atoms with E-state index in [4.69, 9.17) is 0 Å². The van der Waals surface area contributed by atoms with Crippen LogP contribution >= 0.6 is 11.3 Å². The molecule has 0 radical (unpaired) electrons. The number of nitrogens with one attached hydrogen (secondary N) is 1. The second-order valence-electron chi connectivity index (χ2n) is 4.38. The van der Waals surface area contributed by atoms with Crippen LogP contribution in [0.25, 0.3) is 10.2 Å². The minimum atomic E-state index is -0.439. The van der Waals surface area contributed by atoms with Gasteiger partial charge in [-0.2, -0.15) is 0 Å². The first-order valence-corrected chi connectivity index (χ1v) is 6.99. The van der Waals surface area contributed by atoms with Crippen LogP contribution in [0, 0.1) is 5.82 Å². The standard InChI is InChI=1S/C14H10FN3O2S/c15-9-2-1-3-10(6-9)17-12(19)7-18-8-16-13-11(14(18)20)4-5-21-13/h1-6,8H,7H2,(H,17,19). The molecule has 0 saturated heterocycles. The van der Waals surface area contributed by atoms with Crippen molar-refractivity contribution < 1.29 is 9.18 Å². The lowest BCUT2D eigenvalue weighted by atomic mass is 10.3. The van der Waals surface area contributed by atoms with Gasteiger partial charge in [0.1, 0.15) is 17.2 Å². The van der Waals surface area contributed by atoms with E-state index >= 15 is 0 Å². The summed E-state index contributed by atoms with van der Waals surface area (Å²) in [5, 5.41) is 4.80. The molecule has 0 aliphatic rings. The zero-order valence-electron chi connectivity index (χ0n) is 10.7. The Labute approximate surface area is 122 Å². The highest BCUT2D eigenvalue weighted by Gasteiger charge is 2.09. The number of benzene rings is 1. The number of carbonyl (C=O) groups is 1. The van der Waals surface area contributed by atoms with Crippen molar-refractivity contribution in [2.24, 2.45) is 0 Å². The largest absolute Gasteiger partial charge is 0.324 e. The molecule has 1 aromatic carbocycles. The van der Waals surface area contributed by atoms with Crippen molar-refractivity contribution in [2.45, 2.75) is 6.54 Å². The number of fused-ring (bicyclic) bond motifs is 1. The van der Waals surface area contributed by atoms with Gasteiger partial charge in [-0.15, -0.1) is 11.3 Å². The molecule has 0 atom stereocenters. The second kappa shape index (κ2) is 5.45. The van der Waals surface area contributed by atoms with Gasteiger partial charge in [-0.1, -0.05) is 6.07 Å². The maximum absolute atomic E-state index is 13.0. The molecule has 1 amide bonds. The van der Waals surface area contributed by atoms with Crippen molar-refractivity contribution in [3.05, 3.63) is 58.2 Å². The highest BCUT2D eigenvalue weighted by molar-refractivity contribution is 7.16. The van der Waals surface area contributed by atoms with Gasteiger partial charge in [-0.3, -0.25) is 14.2 Å². The number of hydrogen-bond acceptors (Lipinski definition) is 4. The molecule has 7 heteroatoms. The van der Waals surface area contributed by atoms with Gasteiger partial charge in [0.2, 0.25) is 5.91 Å². The van der Waals surface area contributed by atoms with Gasteiger partial charge in [0.25, 0.3) is 5.56 Å². The van der Waals surface area contributed by atoms with Crippen LogP contribution in [0.15, 0.2) is 46.8 Å². The van der Waals surface area contributed by atoms with Gasteiger partial charge < -0.3 is 5.32 Å². The van der Waals surface area contributed by atoms with E-state index in [1.54, 1.807) is 17.5 Å². The van der Waals surface area contributed by atoms with Crippen LogP contribution in [0.4, 0.5) is 10.1 Å². The SMILES string of the molecule is O=C(Cn1cnc2sccc2c1=O)Nc1cccc(F)c1. The predicted molar refractivity (Wildman–Crippen MR) is 78.9 cm³/mol. The molecule has 2 aromatic heterocycles. The van der Waals surface area contributed by atoms with Crippen molar-refractivity contribution in [3.8, 4) is 0 Å². The highest BCUT2D eigenvalue weighted by Crippen LogP contribution is 2.13. The Morgan fingerprint density at radius 1 is 1.38 bits per heavy atom. The summed E-state index contributed by atoms with van der Waals surface area (Å²) >= 11 is 1.37. The third kappa shape index (κ3) is 2.82. The fraction of sp³-hybridized carbons (Fsp3) is 0.0714. The maximum atomic E-state index is 13.0. The molecule has 0 saturated carbocycles. The Bertz CT molecular complexity index is 872. The normalized spacial score (nSPS) is 10.7. The molecule has 0 aliphatic heterocycles. The quantitative estimate of drug-likeness (QED) is 0.807. The fourth-order valence-electron chi connectivity index (χ4n) is 1.93. The smallest absolute Gasteiger partial charge is 0.262 e. The Balaban J connectivity index is 1.80. The summed E-state index contributed by atoms with van der Waals surface area (Å²) in [6.45, 7) is -0.172. The first-order valence-electron chi connectivity index (χ1n) is 6.11. The van der Waals surface area contributed by atoms with Gasteiger partial charge in [0, 0.05) is 5.69 Å². The topological polar surface area (TPSA) is 64.0 Å². The number of anilines is 1. The van der Waals surface area contributed by atoms with E-state index in [1.807, 2.05) is 0 Å². The number of nitrogens with zero attached hydrogens (tertiary/aromatic N) is 2. The summed E-state index contributed by atoms with van der Waals surface area (Å²) in [7, 11) is 0. The van der Waals surface area contributed by atoms with Crippen molar-refractivity contribution in [1.29, 1.82) is 0 Å². The monoisotopic (exact) mass is 303 g/mol. The lowest BCUT2D eigenvalue weighted by Crippen LogP contribution is -2.27.